The number of oxime groups is 1. The third-order valence-corrected chi connectivity index (χ3v) is 3.15. The van der Waals surface area contributed by atoms with E-state index in [9.17, 15) is 4.57 Å². The molecule has 0 aromatic carbocycles. The fourth-order valence-electron chi connectivity index (χ4n) is 0.992. The second-order valence-corrected chi connectivity index (χ2v) is 5.16. The van der Waals surface area contributed by atoms with Gasteiger partial charge in [-0.2, -0.15) is 0 Å². The van der Waals surface area contributed by atoms with Gasteiger partial charge in [-0.15, -0.1) is 0 Å². The highest BCUT2D eigenvalue weighted by Crippen LogP contribution is 2.26. The van der Waals surface area contributed by atoms with Crippen LogP contribution in [-0.4, -0.2) is 23.6 Å². The summed E-state index contributed by atoms with van der Waals surface area (Å²) in [5.74, 6) is 0.620. The first-order chi connectivity index (χ1) is 7.47. The van der Waals surface area contributed by atoms with E-state index in [0.717, 1.165) is 12.8 Å². The SMILES string of the molecule is CC(=NO)C(C)O[PH](=O)OCCCC(C)C. The van der Waals surface area contributed by atoms with Crippen molar-refractivity contribution >= 4 is 14.0 Å². The van der Waals surface area contributed by atoms with Crippen molar-refractivity contribution in [3.8, 4) is 0 Å². The van der Waals surface area contributed by atoms with E-state index >= 15 is 0 Å². The van der Waals surface area contributed by atoms with Crippen LogP contribution >= 0.6 is 8.25 Å². The Morgan fingerprint density at radius 1 is 1.44 bits per heavy atom. The molecule has 0 saturated heterocycles. The molecular formula is C10H22NO4P. The van der Waals surface area contributed by atoms with Gasteiger partial charge >= 0.3 is 8.25 Å². The van der Waals surface area contributed by atoms with Crippen LogP contribution in [-0.2, 0) is 13.6 Å². The molecule has 0 radical (unpaired) electrons. The first kappa shape index (κ1) is 15.6. The number of nitrogens with zero attached hydrogens (tertiary/aromatic N) is 1. The number of hydrogen-bond donors (Lipinski definition) is 1. The van der Waals surface area contributed by atoms with Gasteiger partial charge in [0.1, 0.15) is 6.10 Å². The standard InChI is InChI=1S/C10H22NO4P/c1-8(2)6-5-7-14-16(13)15-10(4)9(3)11-12/h8,10,12,16H,5-7H2,1-4H3. The molecule has 2 unspecified atom stereocenters. The van der Waals surface area contributed by atoms with E-state index in [0.29, 0.717) is 18.2 Å². The second-order valence-electron chi connectivity index (χ2n) is 4.14. The molecule has 0 fully saturated rings. The summed E-state index contributed by atoms with van der Waals surface area (Å²) in [5.41, 5.74) is 0.379. The van der Waals surface area contributed by atoms with Crippen LogP contribution in [0.5, 0.6) is 0 Å². The molecule has 0 amide bonds. The van der Waals surface area contributed by atoms with Crippen LogP contribution < -0.4 is 0 Å². The van der Waals surface area contributed by atoms with E-state index in [1.165, 1.54) is 0 Å². The molecule has 96 valence electrons. The van der Waals surface area contributed by atoms with Crippen molar-refractivity contribution in [1.82, 2.24) is 0 Å². The minimum absolute atomic E-state index is 0.379. The third kappa shape index (κ3) is 7.85. The molecule has 0 heterocycles. The Balaban J connectivity index is 3.67. The molecular weight excluding hydrogens is 229 g/mol. The Hall–Kier alpha value is -0.380. The molecule has 0 aliphatic carbocycles. The van der Waals surface area contributed by atoms with Gasteiger partial charge in [0.2, 0.25) is 0 Å². The molecule has 1 N–H and O–H groups in total. The van der Waals surface area contributed by atoms with Crippen LogP contribution in [0.2, 0.25) is 0 Å². The Morgan fingerprint density at radius 3 is 2.56 bits per heavy atom. The molecule has 5 nitrogen and oxygen atoms in total. The van der Waals surface area contributed by atoms with Gasteiger partial charge in [-0.25, -0.2) is 0 Å². The molecule has 6 heteroatoms. The zero-order chi connectivity index (χ0) is 12.6. The summed E-state index contributed by atoms with van der Waals surface area (Å²) in [6.07, 6.45) is 1.43. The molecule has 0 aromatic heterocycles. The maximum Gasteiger partial charge on any atom is 0.319 e. The Bertz CT molecular complexity index is 243. The highest BCUT2D eigenvalue weighted by atomic mass is 31.1. The van der Waals surface area contributed by atoms with E-state index < -0.39 is 14.4 Å². The largest absolute Gasteiger partial charge is 0.411 e. The quantitative estimate of drug-likeness (QED) is 0.237. The molecule has 0 spiro atoms. The van der Waals surface area contributed by atoms with Crippen LogP contribution in [0, 0.1) is 5.92 Å². The summed E-state index contributed by atoms with van der Waals surface area (Å²) in [6.45, 7) is 7.96. The van der Waals surface area contributed by atoms with Crippen molar-refractivity contribution in [2.75, 3.05) is 6.61 Å². The first-order valence-electron chi connectivity index (χ1n) is 5.49. The normalized spacial score (nSPS) is 16.4. The van der Waals surface area contributed by atoms with Gasteiger partial charge in [0.25, 0.3) is 0 Å². The maximum absolute atomic E-state index is 11.3. The molecule has 0 rings (SSSR count). The van der Waals surface area contributed by atoms with Gasteiger partial charge < -0.3 is 14.3 Å². The predicted molar refractivity (Wildman–Crippen MR) is 64.5 cm³/mol. The van der Waals surface area contributed by atoms with Gasteiger partial charge in [-0.05, 0) is 32.6 Å². The van der Waals surface area contributed by atoms with E-state index in [4.69, 9.17) is 14.3 Å². The summed E-state index contributed by atoms with van der Waals surface area (Å²) < 4.78 is 21.4. The van der Waals surface area contributed by atoms with Gasteiger partial charge in [0.05, 0.1) is 12.3 Å². The average molecular weight is 251 g/mol. The van der Waals surface area contributed by atoms with Crippen LogP contribution in [0.1, 0.15) is 40.5 Å². The summed E-state index contributed by atoms with van der Waals surface area (Å²) in [5, 5.41) is 11.4. The Labute approximate surface area is 97.8 Å². The molecule has 0 aliphatic heterocycles. The molecule has 0 aromatic rings. The van der Waals surface area contributed by atoms with E-state index in [-0.39, 0.29) is 0 Å². The van der Waals surface area contributed by atoms with Gasteiger partial charge in [0, 0.05) is 0 Å². The zero-order valence-corrected chi connectivity index (χ0v) is 11.4. The summed E-state index contributed by atoms with van der Waals surface area (Å²) in [6, 6.07) is 0. The van der Waals surface area contributed by atoms with E-state index in [1.54, 1.807) is 13.8 Å². The highest BCUT2D eigenvalue weighted by Gasteiger charge is 2.11. The van der Waals surface area contributed by atoms with E-state index in [1.807, 2.05) is 0 Å². The Morgan fingerprint density at radius 2 is 2.06 bits per heavy atom. The monoisotopic (exact) mass is 251 g/mol. The number of rotatable bonds is 8. The number of hydrogen-bond acceptors (Lipinski definition) is 5. The Kier molecular flexibility index (Phi) is 8.53. The van der Waals surface area contributed by atoms with Crippen molar-refractivity contribution < 1.29 is 18.8 Å². The van der Waals surface area contributed by atoms with Crippen molar-refractivity contribution in [2.45, 2.75) is 46.6 Å². The fourth-order valence-corrected chi connectivity index (χ4v) is 1.83. The summed E-state index contributed by atoms with van der Waals surface area (Å²) in [7, 11) is -2.48. The zero-order valence-electron chi connectivity index (χ0n) is 10.4. The van der Waals surface area contributed by atoms with Crippen molar-refractivity contribution in [3.05, 3.63) is 0 Å². The maximum atomic E-state index is 11.3. The minimum atomic E-state index is -2.48. The van der Waals surface area contributed by atoms with Crippen molar-refractivity contribution in [2.24, 2.45) is 11.1 Å². The van der Waals surface area contributed by atoms with Crippen LogP contribution in [0.4, 0.5) is 0 Å². The molecule has 0 saturated carbocycles. The van der Waals surface area contributed by atoms with Gasteiger partial charge in [-0.1, -0.05) is 19.0 Å². The molecule has 2 atom stereocenters. The smallest absolute Gasteiger partial charge is 0.319 e. The first-order valence-corrected chi connectivity index (χ1v) is 6.71. The van der Waals surface area contributed by atoms with Gasteiger partial charge in [-0.3, -0.25) is 4.57 Å². The van der Waals surface area contributed by atoms with E-state index in [2.05, 4.69) is 19.0 Å². The van der Waals surface area contributed by atoms with Crippen LogP contribution in [0.25, 0.3) is 0 Å². The van der Waals surface area contributed by atoms with Gasteiger partial charge in [0.15, 0.2) is 0 Å². The lowest BCUT2D eigenvalue weighted by molar-refractivity contribution is 0.202. The topological polar surface area (TPSA) is 68.1 Å². The molecule has 0 bridgehead atoms. The highest BCUT2D eigenvalue weighted by molar-refractivity contribution is 7.33. The van der Waals surface area contributed by atoms with Crippen molar-refractivity contribution in [3.63, 3.8) is 0 Å². The second kappa shape index (κ2) is 8.74. The van der Waals surface area contributed by atoms with Crippen LogP contribution in [0.3, 0.4) is 0 Å². The predicted octanol–water partition coefficient (Wildman–Crippen LogP) is 3.08. The summed E-state index contributed by atoms with van der Waals surface area (Å²) >= 11 is 0. The van der Waals surface area contributed by atoms with Crippen LogP contribution in [0.15, 0.2) is 5.16 Å². The lowest BCUT2D eigenvalue weighted by atomic mass is 10.1. The summed E-state index contributed by atoms with van der Waals surface area (Å²) in [4.78, 5) is 0. The average Bonchev–Trinajstić information content (AvgIpc) is 2.22. The minimum Gasteiger partial charge on any atom is -0.411 e. The molecule has 16 heavy (non-hydrogen) atoms. The fraction of sp³-hybridized carbons (Fsp3) is 0.900. The lowest BCUT2D eigenvalue weighted by Gasteiger charge is -2.11. The molecule has 0 aliphatic rings. The van der Waals surface area contributed by atoms with Crippen molar-refractivity contribution in [1.29, 1.82) is 0 Å². The lowest BCUT2D eigenvalue weighted by Crippen LogP contribution is -2.14. The third-order valence-electron chi connectivity index (χ3n) is 2.16.